The molecule has 3 heterocycles. The van der Waals surface area contributed by atoms with Gasteiger partial charge in [-0.05, 0) is 61.4 Å². The second kappa shape index (κ2) is 11.7. The van der Waals surface area contributed by atoms with E-state index >= 15 is 0 Å². The summed E-state index contributed by atoms with van der Waals surface area (Å²) in [6, 6.07) is 11.6. The zero-order valence-corrected chi connectivity index (χ0v) is 20.9. The predicted octanol–water partition coefficient (Wildman–Crippen LogP) is 6.25. The summed E-state index contributed by atoms with van der Waals surface area (Å²) < 4.78 is 66.4. The Morgan fingerprint density at radius 3 is 2.70 bits per heavy atom. The van der Waals surface area contributed by atoms with Crippen molar-refractivity contribution in [3.63, 3.8) is 0 Å². The van der Waals surface area contributed by atoms with E-state index in [9.17, 15) is 22.4 Å². The lowest BCUT2D eigenvalue weighted by Crippen LogP contribution is -2.17. The average molecular weight is 554 g/mol. The van der Waals surface area contributed by atoms with Gasteiger partial charge in [0.2, 0.25) is 0 Å². The third-order valence-electron chi connectivity index (χ3n) is 6.10. The van der Waals surface area contributed by atoms with Crippen LogP contribution in [0.5, 0.6) is 5.75 Å². The molecule has 206 valence electrons. The molecule has 0 radical (unpaired) electrons. The summed E-state index contributed by atoms with van der Waals surface area (Å²) in [5.41, 5.74) is -0.0622. The summed E-state index contributed by atoms with van der Waals surface area (Å²) in [7, 11) is 0. The number of hydrogen-bond donors (Lipinski definition) is 2. The molecule has 1 amide bonds. The molecule has 1 aliphatic rings. The SMILES string of the molecule is O=C(Nc1cc(OCC2CCCO2)cc(C(F)(F)F)c1)c1ccc(F)c(Nc2ncccc2-c2ccncn2)c1. The number of alkyl halides is 3. The number of ether oxygens (including phenoxy) is 2. The Morgan fingerprint density at radius 2 is 1.95 bits per heavy atom. The first-order valence-corrected chi connectivity index (χ1v) is 12.3. The summed E-state index contributed by atoms with van der Waals surface area (Å²) >= 11 is 0. The molecule has 2 aromatic carbocycles. The quantitative estimate of drug-likeness (QED) is 0.249. The Kier molecular flexibility index (Phi) is 7.87. The molecule has 0 aliphatic carbocycles. The maximum Gasteiger partial charge on any atom is 0.416 e. The number of pyridine rings is 1. The highest BCUT2D eigenvalue weighted by Gasteiger charge is 2.32. The van der Waals surface area contributed by atoms with Crippen LogP contribution in [-0.4, -0.2) is 40.2 Å². The van der Waals surface area contributed by atoms with Crippen LogP contribution in [0.4, 0.5) is 34.8 Å². The molecular weight excluding hydrogens is 530 g/mol. The van der Waals surface area contributed by atoms with E-state index in [-0.39, 0.29) is 41.2 Å². The van der Waals surface area contributed by atoms with Crippen LogP contribution in [0.2, 0.25) is 0 Å². The molecule has 1 unspecified atom stereocenters. The summed E-state index contributed by atoms with van der Waals surface area (Å²) in [4.78, 5) is 25.3. The molecule has 5 rings (SSSR count). The fraction of sp³-hybridized carbons (Fsp3) is 0.214. The number of hydrogen-bond acceptors (Lipinski definition) is 7. The second-order valence-electron chi connectivity index (χ2n) is 8.96. The van der Waals surface area contributed by atoms with Crippen LogP contribution < -0.4 is 15.4 Å². The number of carbonyl (C=O) groups is 1. The van der Waals surface area contributed by atoms with Crippen molar-refractivity contribution in [2.45, 2.75) is 25.1 Å². The number of carbonyl (C=O) groups excluding carboxylic acids is 1. The Balaban J connectivity index is 1.37. The van der Waals surface area contributed by atoms with E-state index in [1.807, 2.05) is 0 Å². The number of anilines is 3. The van der Waals surface area contributed by atoms with Crippen LogP contribution in [0, 0.1) is 5.82 Å². The van der Waals surface area contributed by atoms with Gasteiger partial charge in [-0.3, -0.25) is 4.79 Å². The van der Waals surface area contributed by atoms with E-state index < -0.39 is 23.5 Å². The highest BCUT2D eigenvalue weighted by molar-refractivity contribution is 6.05. The molecule has 2 N–H and O–H groups in total. The maximum absolute atomic E-state index is 14.7. The molecule has 8 nitrogen and oxygen atoms in total. The molecule has 1 fully saturated rings. The minimum Gasteiger partial charge on any atom is -0.491 e. The Bertz CT molecular complexity index is 1500. The van der Waals surface area contributed by atoms with E-state index in [0.717, 1.165) is 31.0 Å². The fourth-order valence-electron chi connectivity index (χ4n) is 4.14. The van der Waals surface area contributed by atoms with Crippen molar-refractivity contribution < 1.29 is 31.8 Å². The van der Waals surface area contributed by atoms with Gasteiger partial charge >= 0.3 is 6.18 Å². The van der Waals surface area contributed by atoms with Crippen molar-refractivity contribution in [2.24, 2.45) is 0 Å². The van der Waals surface area contributed by atoms with Gasteiger partial charge < -0.3 is 20.1 Å². The third-order valence-corrected chi connectivity index (χ3v) is 6.10. The molecular formula is C28H23F4N5O3. The van der Waals surface area contributed by atoms with Gasteiger partial charge in [0.25, 0.3) is 5.91 Å². The Labute approximate surface area is 226 Å². The molecule has 2 aromatic heterocycles. The highest BCUT2D eigenvalue weighted by Crippen LogP contribution is 2.35. The molecule has 1 saturated heterocycles. The highest BCUT2D eigenvalue weighted by atomic mass is 19.4. The molecule has 0 bridgehead atoms. The number of rotatable bonds is 8. The van der Waals surface area contributed by atoms with Crippen molar-refractivity contribution in [1.29, 1.82) is 0 Å². The number of halogens is 4. The maximum atomic E-state index is 14.7. The van der Waals surface area contributed by atoms with Crippen molar-refractivity contribution in [3.8, 4) is 17.0 Å². The molecule has 0 spiro atoms. The fourth-order valence-corrected chi connectivity index (χ4v) is 4.14. The lowest BCUT2D eigenvalue weighted by atomic mass is 10.1. The zero-order chi connectivity index (χ0) is 28.1. The molecule has 1 atom stereocenters. The smallest absolute Gasteiger partial charge is 0.416 e. The summed E-state index contributed by atoms with van der Waals surface area (Å²) in [6.45, 7) is 0.668. The Morgan fingerprint density at radius 1 is 1.07 bits per heavy atom. The van der Waals surface area contributed by atoms with E-state index in [0.29, 0.717) is 17.9 Å². The van der Waals surface area contributed by atoms with Gasteiger partial charge in [0, 0.05) is 41.9 Å². The van der Waals surface area contributed by atoms with Crippen molar-refractivity contribution in [2.75, 3.05) is 23.8 Å². The topological polar surface area (TPSA) is 98.3 Å². The molecule has 4 aromatic rings. The lowest BCUT2D eigenvalue weighted by Gasteiger charge is -2.16. The lowest BCUT2D eigenvalue weighted by molar-refractivity contribution is -0.137. The van der Waals surface area contributed by atoms with Crippen LogP contribution in [0.1, 0.15) is 28.8 Å². The minimum absolute atomic E-state index is 0.00246. The van der Waals surface area contributed by atoms with E-state index in [1.165, 1.54) is 30.7 Å². The zero-order valence-electron chi connectivity index (χ0n) is 20.9. The number of amides is 1. The molecule has 12 heteroatoms. The van der Waals surface area contributed by atoms with Gasteiger partial charge in [-0.15, -0.1) is 0 Å². The van der Waals surface area contributed by atoms with Crippen molar-refractivity contribution in [3.05, 3.63) is 90.3 Å². The second-order valence-corrected chi connectivity index (χ2v) is 8.96. The van der Waals surface area contributed by atoms with Crippen LogP contribution in [0.3, 0.4) is 0 Å². The molecule has 0 saturated carbocycles. The van der Waals surface area contributed by atoms with Gasteiger partial charge in [0.15, 0.2) is 0 Å². The van der Waals surface area contributed by atoms with Crippen LogP contribution in [0.25, 0.3) is 11.3 Å². The summed E-state index contributed by atoms with van der Waals surface area (Å²) in [5, 5.41) is 5.33. The van der Waals surface area contributed by atoms with Crippen LogP contribution in [0.15, 0.2) is 73.3 Å². The molecule has 40 heavy (non-hydrogen) atoms. The normalized spacial score (nSPS) is 15.1. The standard InChI is InChI=1S/C28H23F4N5O3/c29-23-6-5-17(11-25(23)37-26-22(4-1-8-34-26)24-7-9-33-16-35-24)27(38)36-19-12-18(28(30,31)32)13-21(14-19)40-15-20-3-2-10-39-20/h1,4-9,11-14,16,20H,2-3,10,15H2,(H,34,37)(H,36,38). The number of nitrogens with one attached hydrogen (secondary N) is 2. The van der Waals surface area contributed by atoms with Gasteiger partial charge in [-0.1, -0.05) is 0 Å². The van der Waals surface area contributed by atoms with Crippen molar-refractivity contribution >= 4 is 23.1 Å². The van der Waals surface area contributed by atoms with E-state index in [4.69, 9.17) is 9.47 Å². The number of nitrogens with zero attached hydrogens (tertiary/aromatic N) is 3. The summed E-state index contributed by atoms with van der Waals surface area (Å²) in [5.74, 6) is -1.19. The van der Waals surface area contributed by atoms with E-state index in [2.05, 4.69) is 25.6 Å². The molecule has 1 aliphatic heterocycles. The summed E-state index contributed by atoms with van der Waals surface area (Å²) in [6.07, 6.45) is 1.17. The first kappa shape index (κ1) is 27.0. The van der Waals surface area contributed by atoms with Gasteiger partial charge in [-0.25, -0.2) is 19.3 Å². The third kappa shape index (κ3) is 6.52. The first-order chi connectivity index (χ1) is 19.3. The van der Waals surface area contributed by atoms with E-state index in [1.54, 1.807) is 24.4 Å². The Hall–Kier alpha value is -4.58. The van der Waals surface area contributed by atoms with Gasteiger partial charge in [0.1, 0.15) is 30.3 Å². The minimum atomic E-state index is -4.67. The predicted molar refractivity (Wildman–Crippen MR) is 139 cm³/mol. The monoisotopic (exact) mass is 553 g/mol. The van der Waals surface area contributed by atoms with Gasteiger partial charge in [-0.2, -0.15) is 13.2 Å². The van der Waals surface area contributed by atoms with Crippen molar-refractivity contribution in [1.82, 2.24) is 15.0 Å². The number of aromatic nitrogens is 3. The van der Waals surface area contributed by atoms with Crippen LogP contribution in [-0.2, 0) is 10.9 Å². The largest absolute Gasteiger partial charge is 0.491 e. The van der Waals surface area contributed by atoms with Crippen LogP contribution >= 0.6 is 0 Å². The average Bonchev–Trinajstić information content (AvgIpc) is 3.47. The van der Waals surface area contributed by atoms with Gasteiger partial charge in [0.05, 0.1) is 23.0 Å². The first-order valence-electron chi connectivity index (χ1n) is 12.3. The number of benzene rings is 2.